The Morgan fingerprint density at radius 2 is 0.862 bits per heavy atom. The first kappa shape index (κ1) is 56.4. The second-order valence-electron chi connectivity index (χ2n) is 24.5. The molecular formula is C84H77N3. The zero-order valence-corrected chi connectivity index (χ0v) is 50.7. The third-order valence-corrected chi connectivity index (χ3v) is 18.0. The molecule has 0 spiro atoms. The van der Waals surface area contributed by atoms with E-state index in [1.54, 1.807) is 0 Å². The lowest BCUT2D eigenvalue weighted by molar-refractivity contribution is 0.475. The molecule has 0 bridgehead atoms. The number of para-hydroxylation sites is 1. The quantitative estimate of drug-likeness (QED) is 0.0747. The molecule has 13 rings (SSSR count). The largest absolute Gasteiger partial charge is 0.311 e. The van der Waals surface area contributed by atoms with E-state index in [4.69, 9.17) is 0 Å². The van der Waals surface area contributed by atoms with Gasteiger partial charge in [0.15, 0.2) is 0 Å². The van der Waals surface area contributed by atoms with Crippen molar-refractivity contribution in [3.05, 3.63) is 348 Å². The molecule has 3 nitrogen and oxygen atoms in total. The summed E-state index contributed by atoms with van der Waals surface area (Å²) in [6, 6.07) is 92.0. The first-order valence-corrected chi connectivity index (χ1v) is 31.3. The molecule has 10 aromatic carbocycles. The SMILES string of the molecule is Cc1cccc(N(C2=CC3CC3(c3ccc(CC(CCc4ccc(-c5ccc(N(c6ccccc6)c6ccc(-c7ccc(N(c8cccc(C)c8)c8cccc(C)c8)cc7)cc6)cc5)cc4)C/C4=C/C=CC/C=C\C4)cc3)C=C2)c2cccc(C)c2)c1. The van der Waals surface area contributed by atoms with Crippen LogP contribution in [0.25, 0.3) is 22.3 Å². The fourth-order valence-electron chi connectivity index (χ4n) is 13.3. The van der Waals surface area contributed by atoms with E-state index in [1.807, 2.05) is 0 Å². The standard InChI is InChI=1S/C84H77N3/c1-61-17-13-25-79(53-61)86(80-26-14-18-62(2)54-80)78-49-41-72(42-50-78)71-39-47-77(48-40-71)85(75-23-11-8-12-24-75)76-45-37-70(38-46-76)69-35-31-65(32-36-69)29-30-68(57-66-21-9-6-5-7-10-22-66)58-67-33-43-73(44-34-67)84-52-51-83(59-74(84)60-84)87(81-27-15-19-63(3)55-81)82-28-16-20-64(4)56-82/h6-21,23-28,31-56,59,68,74H,5,22,29-30,57-58,60H2,1-4H3/b9-6?,10-7-,66-21+. The highest BCUT2D eigenvalue weighted by atomic mass is 15.2. The van der Waals surface area contributed by atoms with Crippen LogP contribution in [0, 0.1) is 39.5 Å². The van der Waals surface area contributed by atoms with Crippen molar-refractivity contribution in [1.29, 1.82) is 0 Å². The monoisotopic (exact) mass is 1130 g/mol. The van der Waals surface area contributed by atoms with E-state index in [0.717, 1.165) is 79.1 Å². The van der Waals surface area contributed by atoms with E-state index in [0.29, 0.717) is 11.8 Å². The topological polar surface area (TPSA) is 9.72 Å². The number of nitrogens with zero attached hydrogens (tertiary/aromatic N) is 3. The van der Waals surface area contributed by atoms with Crippen LogP contribution in [0.4, 0.5) is 45.5 Å². The van der Waals surface area contributed by atoms with Gasteiger partial charge in [-0.15, -0.1) is 0 Å². The van der Waals surface area contributed by atoms with Gasteiger partial charge in [-0.2, -0.15) is 0 Å². The number of allylic oxidation sites excluding steroid dienone is 9. The Hall–Kier alpha value is -9.70. The molecule has 3 atom stereocenters. The number of aryl methyl sites for hydroxylation is 5. The van der Waals surface area contributed by atoms with Gasteiger partial charge in [-0.3, -0.25) is 0 Å². The van der Waals surface area contributed by atoms with Crippen molar-refractivity contribution >= 4 is 45.5 Å². The van der Waals surface area contributed by atoms with Crippen molar-refractivity contribution in [3.8, 4) is 22.3 Å². The highest BCUT2D eigenvalue weighted by molar-refractivity contribution is 5.82. The smallest absolute Gasteiger partial charge is 0.0464 e. The summed E-state index contributed by atoms with van der Waals surface area (Å²) in [5, 5.41) is 0. The van der Waals surface area contributed by atoms with Crippen LogP contribution in [-0.4, -0.2) is 0 Å². The summed E-state index contributed by atoms with van der Waals surface area (Å²) in [5.74, 6) is 1.01. The highest BCUT2D eigenvalue weighted by Gasteiger charge is 2.53. The average molecular weight is 1130 g/mol. The Balaban J connectivity index is 0.679. The van der Waals surface area contributed by atoms with Crippen molar-refractivity contribution in [3.63, 3.8) is 0 Å². The van der Waals surface area contributed by atoms with E-state index >= 15 is 0 Å². The molecule has 0 saturated heterocycles. The van der Waals surface area contributed by atoms with E-state index < -0.39 is 0 Å². The number of benzene rings is 10. The molecule has 0 aromatic heterocycles. The zero-order valence-electron chi connectivity index (χ0n) is 50.7. The first-order valence-electron chi connectivity index (χ1n) is 31.3. The highest BCUT2D eigenvalue weighted by Crippen LogP contribution is 2.59. The summed E-state index contributed by atoms with van der Waals surface area (Å²) in [7, 11) is 0. The maximum absolute atomic E-state index is 2.53. The molecule has 0 aliphatic heterocycles. The molecule has 3 aliphatic rings. The molecule has 10 aromatic rings. The van der Waals surface area contributed by atoms with E-state index in [2.05, 4.69) is 340 Å². The molecule has 0 amide bonds. The Labute approximate surface area is 517 Å². The predicted octanol–water partition coefficient (Wildman–Crippen LogP) is 22.8. The number of hydrogen-bond donors (Lipinski definition) is 0. The predicted molar refractivity (Wildman–Crippen MR) is 370 cm³/mol. The van der Waals surface area contributed by atoms with Crippen LogP contribution >= 0.6 is 0 Å². The molecule has 3 aliphatic carbocycles. The van der Waals surface area contributed by atoms with Crippen LogP contribution in [0.3, 0.4) is 0 Å². The Morgan fingerprint density at radius 1 is 0.414 bits per heavy atom. The number of hydrogen-bond acceptors (Lipinski definition) is 3. The fourth-order valence-corrected chi connectivity index (χ4v) is 13.3. The van der Waals surface area contributed by atoms with Crippen molar-refractivity contribution in [2.24, 2.45) is 11.8 Å². The molecule has 0 radical (unpaired) electrons. The van der Waals surface area contributed by atoms with E-state index in [-0.39, 0.29) is 5.41 Å². The van der Waals surface area contributed by atoms with Crippen molar-refractivity contribution in [1.82, 2.24) is 0 Å². The van der Waals surface area contributed by atoms with E-state index in [1.165, 1.54) is 83.8 Å². The first-order chi connectivity index (χ1) is 42.7. The Kier molecular flexibility index (Phi) is 16.5. The summed E-state index contributed by atoms with van der Waals surface area (Å²) >= 11 is 0. The van der Waals surface area contributed by atoms with Crippen molar-refractivity contribution < 1.29 is 0 Å². The van der Waals surface area contributed by atoms with Gasteiger partial charge in [0, 0.05) is 56.6 Å². The lowest BCUT2D eigenvalue weighted by Crippen LogP contribution is -2.19. The fraction of sp³-hybridized carbons (Fsp3) is 0.167. The van der Waals surface area contributed by atoms with Crippen LogP contribution in [0.5, 0.6) is 0 Å². The maximum Gasteiger partial charge on any atom is 0.0464 e. The second kappa shape index (κ2) is 25.5. The molecular weight excluding hydrogens is 1050 g/mol. The van der Waals surface area contributed by atoms with Crippen LogP contribution in [0.1, 0.15) is 71.0 Å². The Bertz CT molecular complexity index is 4070. The van der Waals surface area contributed by atoms with Gasteiger partial charge in [-0.05, 0) is 249 Å². The van der Waals surface area contributed by atoms with Crippen molar-refractivity contribution in [2.45, 2.75) is 78.1 Å². The molecule has 87 heavy (non-hydrogen) atoms. The van der Waals surface area contributed by atoms with E-state index in [9.17, 15) is 0 Å². The van der Waals surface area contributed by atoms with Crippen LogP contribution in [0.15, 0.2) is 309 Å². The summed E-state index contributed by atoms with van der Waals surface area (Å²) < 4.78 is 0. The van der Waals surface area contributed by atoms with Gasteiger partial charge in [-0.1, -0.05) is 200 Å². The molecule has 1 saturated carbocycles. The minimum absolute atomic E-state index is 0.0737. The minimum atomic E-state index is 0.0737. The minimum Gasteiger partial charge on any atom is -0.311 e. The molecule has 1 fully saturated rings. The second-order valence-corrected chi connectivity index (χ2v) is 24.5. The molecule has 0 heterocycles. The third kappa shape index (κ3) is 13.0. The summed E-state index contributed by atoms with van der Waals surface area (Å²) in [5.41, 5.74) is 26.1. The van der Waals surface area contributed by atoms with Gasteiger partial charge in [0.25, 0.3) is 0 Å². The average Bonchev–Trinajstić information content (AvgIpc) is 1.74. The van der Waals surface area contributed by atoms with Gasteiger partial charge < -0.3 is 14.7 Å². The third-order valence-electron chi connectivity index (χ3n) is 18.0. The Morgan fingerprint density at radius 3 is 1.36 bits per heavy atom. The van der Waals surface area contributed by atoms with Gasteiger partial charge in [-0.25, -0.2) is 0 Å². The van der Waals surface area contributed by atoms with Crippen LogP contribution in [0.2, 0.25) is 0 Å². The molecule has 0 N–H and O–H groups in total. The lowest BCUT2D eigenvalue weighted by atomic mass is 9.84. The lowest BCUT2D eigenvalue weighted by Gasteiger charge is -2.29. The van der Waals surface area contributed by atoms with Crippen molar-refractivity contribution in [2.75, 3.05) is 14.7 Å². The zero-order chi connectivity index (χ0) is 59.1. The van der Waals surface area contributed by atoms with Gasteiger partial charge in [0.05, 0.1) is 0 Å². The van der Waals surface area contributed by atoms with Gasteiger partial charge in [0.2, 0.25) is 0 Å². The normalized spacial score (nSPS) is 17.2. The van der Waals surface area contributed by atoms with Crippen LogP contribution < -0.4 is 14.7 Å². The van der Waals surface area contributed by atoms with Crippen LogP contribution in [-0.2, 0) is 18.3 Å². The molecule has 3 unspecified atom stereocenters. The summed E-state index contributed by atoms with van der Waals surface area (Å²) in [6.07, 6.45) is 26.5. The summed E-state index contributed by atoms with van der Waals surface area (Å²) in [6.45, 7) is 8.67. The molecule has 428 valence electrons. The number of fused-ring (bicyclic) bond motifs is 1. The molecule has 3 heteroatoms. The maximum atomic E-state index is 2.53. The van der Waals surface area contributed by atoms with Gasteiger partial charge in [0.1, 0.15) is 0 Å². The summed E-state index contributed by atoms with van der Waals surface area (Å²) in [4.78, 5) is 7.12. The number of rotatable bonds is 19. The van der Waals surface area contributed by atoms with Gasteiger partial charge >= 0.3 is 0 Å². The number of anilines is 8.